The molecule has 0 radical (unpaired) electrons. The van der Waals surface area contributed by atoms with Crippen molar-refractivity contribution in [3.8, 4) is 5.75 Å². The van der Waals surface area contributed by atoms with Crippen LogP contribution in [-0.2, 0) is 4.74 Å². The number of hydrogen-bond donors (Lipinski definition) is 0. The maximum atomic E-state index is 13.0. The van der Waals surface area contributed by atoms with Crippen molar-refractivity contribution in [2.75, 3.05) is 52.8 Å². The van der Waals surface area contributed by atoms with Gasteiger partial charge in [0.2, 0.25) is 0 Å². The summed E-state index contributed by atoms with van der Waals surface area (Å²) in [6, 6.07) is 11.4. The minimum atomic E-state index is -0.392. The van der Waals surface area contributed by atoms with Gasteiger partial charge in [-0.25, -0.2) is 14.6 Å². The smallest absolute Gasteiger partial charge is 0.341 e. The quantitative estimate of drug-likeness (QED) is 0.703. The zero-order chi connectivity index (χ0) is 22.1. The summed E-state index contributed by atoms with van der Waals surface area (Å²) < 4.78 is 10.2. The number of hydrogen-bond acceptors (Lipinski definition) is 6. The fourth-order valence-corrected chi connectivity index (χ4v) is 4.82. The molecule has 0 spiro atoms. The normalized spacial score (nSPS) is 22.3. The van der Waals surface area contributed by atoms with Crippen molar-refractivity contribution in [2.45, 2.75) is 6.04 Å². The molecule has 1 aromatic heterocycles. The lowest BCUT2D eigenvalue weighted by molar-refractivity contribution is 0.0601. The van der Waals surface area contributed by atoms with E-state index in [1.54, 1.807) is 44.4 Å². The van der Waals surface area contributed by atoms with E-state index in [-0.39, 0.29) is 23.9 Å². The second-order valence-corrected chi connectivity index (χ2v) is 8.24. The van der Waals surface area contributed by atoms with E-state index >= 15 is 0 Å². The van der Waals surface area contributed by atoms with E-state index in [2.05, 4.69) is 9.88 Å². The second kappa shape index (κ2) is 8.45. The minimum absolute atomic E-state index is 0.00912. The third kappa shape index (κ3) is 3.78. The van der Waals surface area contributed by atoms with Gasteiger partial charge in [0, 0.05) is 51.8 Å². The van der Waals surface area contributed by atoms with Gasteiger partial charge < -0.3 is 24.2 Å². The van der Waals surface area contributed by atoms with Crippen LogP contribution in [-0.4, -0.2) is 74.7 Å². The molecule has 4 rings (SSSR count). The lowest BCUT2D eigenvalue weighted by Crippen LogP contribution is -2.41. The van der Waals surface area contributed by atoms with Crippen molar-refractivity contribution in [3.05, 3.63) is 53.7 Å². The molecule has 3 heterocycles. The van der Waals surface area contributed by atoms with Gasteiger partial charge in [0.25, 0.3) is 0 Å². The first-order valence-corrected chi connectivity index (χ1v) is 10.3. The number of carbonyl (C=O) groups is 2. The third-order valence-corrected chi connectivity index (χ3v) is 6.24. The van der Waals surface area contributed by atoms with Gasteiger partial charge in [0.15, 0.2) is 0 Å². The Morgan fingerprint density at radius 1 is 1.06 bits per heavy atom. The molecular formula is C23H28N4O4. The van der Waals surface area contributed by atoms with Crippen molar-refractivity contribution >= 4 is 17.8 Å². The van der Waals surface area contributed by atoms with E-state index in [4.69, 9.17) is 9.47 Å². The number of carbonyl (C=O) groups excluding carboxylic acids is 2. The first kappa shape index (κ1) is 21.0. The Morgan fingerprint density at radius 3 is 2.45 bits per heavy atom. The molecule has 2 fully saturated rings. The van der Waals surface area contributed by atoms with Crippen LogP contribution in [0.15, 0.2) is 42.6 Å². The molecule has 3 atom stereocenters. The number of aromatic nitrogens is 1. The topological polar surface area (TPSA) is 75.2 Å². The van der Waals surface area contributed by atoms with Gasteiger partial charge in [-0.05, 0) is 29.8 Å². The Balaban J connectivity index is 1.65. The lowest BCUT2D eigenvalue weighted by atomic mass is 9.89. The van der Waals surface area contributed by atoms with Crippen molar-refractivity contribution in [1.82, 2.24) is 14.8 Å². The largest absolute Gasteiger partial charge is 0.497 e. The molecule has 2 amide bonds. The van der Waals surface area contributed by atoms with E-state index in [1.165, 1.54) is 7.11 Å². The molecule has 1 aromatic carbocycles. The number of likely N-dealkylation sites (tertiary alicyclic amines) is 1. The maximum absolute atomic E-state index is 13.0. The molecule has 0 aliphatic carbocycles. The van der Waals surface area contributed by atoms with Crippen LogP contribution in [0.5, 0.6) is 5.75 Å². The van der Waals surface area contributed by atoms with Crippen molar-refractivity contribution in [3.63, 3.8) is 0 Å². The number of nitrogens with zero attached hydrogens (tertiary/aromatic N) is 4. The molecule has 0 unspecified atom stereocenters. The first-order chi connectivity index (χ1) is 14.9. The summed E-state index contributed by atoms with van der Waals surface area (Å²) in [6.07, 6.45) is 1.69. The van der Waals surface area contributed by atoms with Gasteiger partial charge in [0.1, 0.15) is 17.1 Å². The Hall–Kier alpha value is -3.29. The molecule has 8 heteroatoms. The summed E-state index contributed by atoms with van der Waals surface area (Å²) in [4.78, 5) is 35.4. The van der Waals surface area contributed by atoms with Gasteiger partial charge >= 0.3 is 12.0 Å². The number of anilines is 1. The van der Waals surface area contributed by atoms with Crippen LogP contribution in [0.25, 0.3) is 0 Å². The number of urea groups is 1. The third-order valence-electron chi connectivity index (χ3n) is 6.24. The molecular weight excluding hydrogens is 396 g/mol. The summed E-state index contributed by atoms with van der Waals surface area (Å²) in [7, 11) is 6.58. The average molecular weight is 425 g/mol. The van der Waals surface area contributed by atoms with Crippen molar-refractivity contribution < 1.29 is 19.1 Å². The highest BCUT2D eigenvalue weighted by Gasteiger charge is 2.50. The van der Waals surface area contributed by atoms with Gasteiger partial charge in [-0.15, -0.1) is 0 Å². The first-order valence-electron chi connectivity index (χ1n) is 10.3. The SMILES string of the molecule is COC(=O)c1cccnc1N1C[C@@H]2CN(C(=O)N(C)C)[C@@H](c3ccc(OC)cc3)[C@@H]2C1. The maximum Gasteiger partial charge on any atom is 0.341 e. The molecule has 0 bridgehead atoms. The molecule has 0 saturated carbocycles. The second-order valence-electron chi connectivity index (χ2n) is 8.24. The van der Waals surface area contributed by atoms with E-state index < -0.39 is 5.97 Å². The number of methoxy groups -OCH3 is 2. The van der Waals surface area contributed by atoms with Crippen LogP contribution in [0, 0.1) is 11.8 Å². The van der Waals surface area contributed by atoms with Crippen molar-refractivity contribution in [1.29, 1.82) is 0 Å². The Kier molecular flexibility index (Phi) is 5.71. The summed E-state index contributed by atoms with van der Waals surface area (Å²) >= 11 is 0. The molecule has 2 aliphatic heterocycles. The van der Waals surface area contributed by atoms with Gasteiger partial charge in [-0.3, -0.25) is 0 Å². The number of pyridine rings is 1. The molecule has 0 N–H and O–H groups in total. The average Bonchev–Trinajstić information content (AvgIpc) is 3.36. The number of fused-ring (bicyclic) bond motifs is 1. The lowest BCUT2D eigenvalue weighted by Gasteiger charge is -2.32. The highest BCUT2D eigenvalue weighted by molar-refractivity contribution is 5.94. The monoisotopic (exact) mass is 424 g/mol. The highest BCUT2D eigenvalue weighted by Crippen LogP contribution is 2.46. The fraction of sp³-hybridized carbons (Fsp3) is 0.435. The zero-order valence-electron chi connectivity index (χ0n) is 18.3. The molecule has 8 nitrogen and oxygen atoms in total. The molecule has 2 saturated heterocycles. The number of benzene rings is 1. The van der Waals surface area contributed by atoms with E-state index in [0.717, 1.165) is 17.9 Å². The fourth-order valence-electron chi connectivity index (χ4n) is 4.82. The van der Waals surface area contributed by atoms with E-state index in [0.29, 0.717) is 24.5 Å². The summed E-state index contributed by atoms with van der Waals surface area (Å²) in [5.41, 5.74) is 1.55. The van der Waals surface area contributed by atoms with Crippen LogP contribution < -0.4 is 9.64 Å². The summed E-state index contributed by atoms with van der Waals surface area (Å²) in [5, 5.41) is 0. The van der Waals surface area contributed by atoms with Crippen LogP contribution in [0.3, 0.4) is 0 Å². The van der Waals surface area contributed by atoms with E-state index in [9.17, 15) is 9.59 Å². The van der Waals surface area contributed by atoms with E-state index in [1.807, 2.05) is 29.2 Å². The van der Waals surface area contributed by atoms with Gasteiger partial charge in [-0.2, -0.15) is 0 Å². The Morgan fingerprint density at radius 2 is 1.81 bits per heavy atom. The predicted octanol–water partition coefficient (Wildman–Crippen LogP) is 2.67. The summed E-state index contributed by atoms with van der Waals surface area (Å²) in [6.45, 7) is 2.10. The standard InChI is InChI=1S/C23H28N4O4/c1-25(2)23(29)27-13-16-12-26(21-18(22(28)31-4)6-5-11-24-21)14-19(16)20(27)15-7-9-17(30-3)10-8-15/h5-11,16,19-20H,12-14H2,1-4H3/t16-,19-,20+/m1/s1. The van der Waals surface area contributed by atoms with Gasteiger partial charge in [-0.1, -0.05) is 12.1 Å². The number of amides is 2. The van der Waals surface area contributed by atoms with Crippen LogP contribution in [0.4, 0.5) is 10.6 Å². The Labute approximate surface area is 182 Å². The van der Waals surface area contributed by atoms with Crippen LogP contribution in [0.1, 0.15) is 22.0 Å². The number of rotatable bonds is 4. The molecule has 2 aromatic rings. The predicted molar refractivity (Wildman–Crippen MR) is 116 cm³/mol. The molecule has 31 heavy (non-hydrogen) atoms. The van der Waals surface area contributed by atoms with Crippen LogP contribution >= 0.6 is 0 Å². The number of ether oxygens (including phenoxy) is 2. The molecule has 2 aliphatic rings. The summed E-state index contributed by atoms with van der Waals surface area (Å²) in [5.74, 6) is 1.54. The van der Waals surface area contributed by atoms with Gasteiger partial charge in [0.05, 0.1) is 20.3 Å². The minimum Gasteiger partial charge on any atom is -0.497 e. The van der Waals surface area contributed by atoms with Crippen LogP contribution in [0.2, 0.25) is 0 Å². The highest BCUT2D eigenvalue weighted by atomic mass is 16.5. The number of esters is 1. The Bertz CT molecular complexity index is 962. The van der Waals surface area contributed by atoms with Crippen molar-refractivity contribution in [2.24, 2.45) is 11.8 Å². The molecule has 164 valence electrons. The zero-order valence-corrected chi connectivity index (χ0v) is 18.3.